The number of benzene rings is 2. The van der Waals surface area contributed by atoms with Crippen LogP contribution in [-0.2, 0) is 12.0 Å². The number of amidine groups is 1. The second kappa shape index (κ2) is 11.7. The first-order valence-corrected chi connectivity index (χ1v) is 12.8. The number of Topliss-reactive ketones (excluding diaryl/α,β-unsaturated/α-hetero) is 1. The first kappa shape index (κ1) is 30.0. The molecule has 0 fully saturated rings. The molecule has 0 radical (unpaired) electrons. The van der Waals surface area contributed by atoms with Crippen molar-refractivity contribution in [2.45, 2.75) is 39.2 Å². The Labute approximate surface area is 241 Å². The molecule has 0 bridgehead atoms. The molecule has 10 heteroatoms. The molecule has 2 aliphatic heterocycles. The van der Waals surface area contributed by atoms with Crippen molar-refractivity contribution >= 4 is 45.9 Å². The fraction of sp³-hybridized carbons (Fsp3) is 0.448. The Morgan fingerprint density at radius 2 is 1.90 bits per heavy atom. The van der Waals surface area contributed by atoms with Crippen molar-refractivity contribution in [3.8, 4) is 11.8 Å². The smallest absolute Gasteiger partial charge is 0.253 e. The van der Waals surface area contributed by atoms with Crippen LogP contribution in [0.25, 0.3) is 0 Å². The second-order valence-corrected chi connectivity index (χ2v) is 11.0. The fourth-order valence-electron chi connectivity index (χ4n) is 5.04. The van der Waals surface area contributed by atoms with Gasteiger partial charge in [-0.05, 0) is 35.2 Å². The summed E-state index contributed by atoms with van der Waals surface area (Å²) >= 11 is 0. The molecule has 2 aromatic carbocycles. The molecule has 208 valence electrons. The van der Waals surface area contributed by atoms with Crippen molar-refractivity contribution in [2.75, 3.05) is 57.2 Å². The van der Waals surface area contributed by atoms with Gasteiger partial charge in [0.2, 0.25) is 0 Å². The number of ether oxygens (including phenoxy) is 1. The molecule has 2 aromatic rings. The van der Waals surface area contributed by atoms with Gasteiger partial charge in [0.1, 0.15) is 18.2 Å². The second-order valence-electron chi connectivity index (χ2n) is 11.0. The molecule has 0 aromatic heterocycles. The maximum atomic E-state index is 13.7. The van der Waals surface area contributed by atoms with Gasteiger partial charge in [0, 0.05) is 56.6 Å². The number of carbonyl (C=O) groups is 2. The minimum atomic E-state index is -0.256. The minimum absolute atomic E-state index is 0. The average Bonchev–Trinajstić information content (AvgIpc) is 3.18. The van der Waals surface area contributed by atoms with Crippen molar-refractivity contribution in [3.63, 3.8) is 0 Å². The van der Waals surface area contributed by atoms with Crippen LogP contribution in [0.3, 0.4) is 0 Å². The molecule has 0 unspecified atom stereocenters. The van der Waals surface area contributed by atoms with E-state index in [1.807, 2.05) is 37.2 Å². The van der Waals surface area contributed by atoms with E-state index >= 15 is 0 Å². The molecule has 0 aliphatic carbocycles. The number of ketones is 1. The number of hydrogen-bond acceptors (Lipinski definition) is 7. The number of nitriles is 1. The average molecular weight is 598 g/mol. The first-order chi connectivity index (χ1) is 18.0. The van der Waals surface area contributed by atoms with Crippen LogP contribution in [0.5, 0.6) is 5.75 Å². The normalized spacial score (nSPS) is 14.0. The topological polar surface area (TPSA) is 113 Å². The van der Waals surface area contributed by atoms with E-state index in [4.69, 9.17) is 15.4 Å². The first-order valence-electron chi connectivity index (χ1n) is 12.8. The van der Waals surface area contributed by atoms with Gasteiger partial charge < -0.3 is 24.8 Å². The summed E-state index contributed by atoms with van der Waals surface area (Å²) in [7, 11) is 5.34. The van der Waals surface area contributed by atoms with E-state index in [9.17, 15) is 9.59 Å². The highest BCUT2D eigenvalue weighted by Crippen LogP contribution is 2.42. The third-order valence-corrected chi connectivity index (χ3v) is 7.08. The molecule has 39 heavy (non-hydrogen) atoms. The van der Waals surface area contributed by atoms with Gasteiger partial charge in [-0.25, -0.2) is 0 Å². The fourth-order valence-corrected chi connectivity index (χ4v) is 5.04. The maximum absolute atomic E-state index is 13.7. The lowest BCUT2D eigenvalue weighted by Gasteiger charge is -2.35. The number of anilines is 2. The van der Waals surface area contributed by atoms with Crippen molar-refractivity contribution in [2.24, 2.45) is 0 Å². The van der Waals surface area contributed by atoms with Gasteiger partial charge in [-0.3, -0.25) is 15.0 Å². The number of hydrogen-bond donors (Lipinski definition) is 2. The highest BCUT2D eigenvalue weighted by Gasteiger charge is 2.32. The molecular formula is C29H37BrN6O3. The van der Waals surface area contributed by atoms with E-state index in [1.165, 1.54) is 0 Å². The van der Waals surface area contributed by atoms with Crippen LogP contribution in [0.15, 0.2) is 24.3 Å². The highest BCUT2D eigenvalue weighted by atomic mass is 79.9. The van der Waals surface area contributed by atoms with E-state index in [0.717, 1.165) is 28.3 Å². The van der Waals surface area contributed by atoms with Crippen molar-refractivity contribution in [1.82, 2.24) is 10.2 Å². The van der Waals surface area contributed by atoms with Crippen LogP contribution in [0, 0.1) is 16.7 Å². The summed E-state index contributed by atoms with van der Waals surface area (Å²) < 4.78 is 6.07. The van der Waals surface area contributed by atoms with Gasteiger partial charge in [-0.15, -0.1) is 17.0 Å². The summed E-state index contributed by atoms with van der Waals surface area (Å²) in [6.07, 6.45) is 0.388. The lowest BCUT2D eigenvalue weighted by molar-refractivity contribution is 0.0955. The summed E-state index contributed by atoms with van der Waals surface area (Å²) in [5.41, 5.74) is 4.94. The van der Waals surface area contributed by atoms with Crippen molar-refractivity contribution in [1.29, 1.82) is 10.7 Å². The number of nitrogens with one attached hydrogen (secondary N) is 2. The van der Waals surface area contributed by atoms with Gasteiger partial charge >= 0.3 is 0 Å². The van der Waals surface area contributed by atoms with E-state index in [1.54, 1.807) is 18.0 Å². The van der Waals surface area contributed by atoms with Crippen LogP contribution in [-0.4, -0.2) is 69.8 Å². The van der Waals surface area contributed by atoms with Gasteiger partial charge in [-0.1, -0.05) is 20.8 Å². The van der Waals surface area contributed by atoms with Crippen LogP contribution in [0.4, 0.5) is 11.4 Å². The monoisotopic (exact) mass is 596 g/mol. The largest absolute Gasteiger partial charge is 0.489 e. The number of carbonyl (C=O) groups excluding carboxylic acids is 2. The summed E-state index contributed by atoms with van der Waals surface area (Å²) in [5.74, 6) is 0.695. The molecule has 0 saturated heterocycles. The zero-order valence-corrected chi connectivity index (χ0v) is 25.2. The molecule has 0 spiro atoms. The zero-order chi connectivity index (χ0) is 27.8. The number of amides is 1. The van der Waals surface area contributed by atoms with Gasteiger partial charge in [0.25, 0.3) is 5.91 Å². The van der Waals surface area contributed by atoms with E-state index < -0.39 is 0 Å². The minimum Gasteiger partial charge on any atom is -0.489 e. The van der Waals surface area contributed by atoms with Gasteiger partial charge in [0.05, 0.1) is 36.8 Å². The molecule has 0 atom stereocenters. The van der Waals surface area contributed by atoms with Crippen LogP contribution < -0.4 is 19.9 Å². The SMILES string of the molecule is Br.CNC(=O)c1cc2c(cc1N(C)C)CN(CC(=O)c1cc3c(c(C(C)(C)C)c1)OCCN3CCC#N)C2=N. The van der Waals surface area contributed by atoms with Gasteiger partial charge in [0.15, 0.2) is 5.78 Å². The van der Waals surface area contributed by atoms with Crippen LogP contribution >= 0.6 is 17.0 Å². The molecular weight excluding hydrogens is 560 g/mol. The predicted molar refractivity (Wildman–Crippen MR) is 159 cm³/mol. The Morgan fingerprint density at radius 1 is 1.18 bits per heavy atom. The number of halogens is 1. The van der Waals surface area contributed by atoms with E-state index in [-0.39, 0.29) is 46.5 Å². The molecule has 2 N–H and O–H groups in total. The highest BCUT2D eigenvalue weighted by molar-refractivity contribution is 8.93. The molecule has 0 saturated carbocycles. The molecule has 1 amide bonds. The Kier molecular flexibility index (Phi) is 8.96. The Bertz CT molecular complexity index is 1340. The zero-order valence-electron chi connectivity index (χ0n) is 23.5. The summed E-state index contributed by atoms with van der Waals surface area (Å²) in [6.45, 7) is 8.50. The molecule has 2 aliphatic rings. The van der Waals surface area contributed by atoms with Crippen molar-refractivity contribution < 1.29 is 14.3 Å². The van der Waals surface area contributed by atoms with E-state index in [0.29, 0.717) is 49.4 Å². The third-order valence-electron chi connectivity index (χ3n) is 7.08. The standard InChI is InChI=1S/C29H36N6O3.BrH/c1-29(2,3)22-12-18(13-24-26(22)38-11-10-34(24)9-7-8-30)25(36)17-35-16-19-14-23(33(5)6)21(28(37)32-4)15-20(19)27(35)31;/h12-15,31H,7,9-11,16-17H2,1-6H3,(H,32,37);1H. The summed E-state index contributed by atoms with van der Waals surface area (Å²) in [5, 5.41) is 20.6. The van der Waals surface area contributed by atoms with Crippen LogP contribution in [0.2, 0.25) is 0 Å². The number of nitrogens with zero attached hydrogens (tertiary/aromatic N) is 4. The van der Waals surface area contributed by atoms with Gasteiger partial charge in [-0.2, -0.15) is 5.26 Å². The van der Waals surface area contributed by atoms with E-state index in [2.05, 4.69) is 37.1 Å². The third kappa shape index (κ3) is 5.88. The molecule has 9 nitrogen and oxygen atoms in total. The Morgan fingerprint density at radius 3 is 2.51 bits per heavy atom. The molecule has 4 rings (SSSR count). The Balaban J connectivity index is 0.00000420. The predicted octanol–water partition coefficient (Wildman–Crippen LogP) is 4.12. The number of rotatable bonds is 7. The lowest BCUT2D eigenvalue weighted by Crippen LogP contribution is -2.35. The quantitative estimate of drug-likeness (QED) is 0.462. The van der Waals surface area contributed by atoms with Crippen molar-refractivity contribution in [3.05, 3.63) is 52.1 Å². The summed E-state index contributed by atoms with van der Waals surface area (Å²) in [4.78, 5) is 31.9. The molecule has 2 heterocycles. The lowest BCUT2D eigenvalue weighted by atomic mass is 9.84. The summed E-state index contributed by atoms with van der Waals surface area (Å²) in [6, 6.07) is 9.66. The van der Waals surface area contributed by atoms with Crippen LogP contribution in [0.1, 0.15) is 64.6 Å². The maximum Gasteiger partial charge on any atom is 0.253 e. The number of fused-ring (bicyclic) bond motifs is 2. The Hall–Kier alpha value is -3.58.